The molecule has 1 aromatic carbocycles. The molecule has 1 unspecified atom stereocenters. The predicted molar refractivity (Wildman–Crippen MR) is 143 cm³/mol. The van der Waals surface area contributed by atoms with Crippen LogP contribution in [0.2, 0.25) is 0 Å². The molecule has 7 heteroatoms. The Labute approximate surface area is 223 Å². The Morgan fingerprint density at radius 3 is 2.78 bits per heavy atom. The molecule has 37 heavy (non-hydrogen) atoms. The number of rotatable bonds is 6. The zero-order valence-electron chi connectivity index (χ0n) is 21.8. The first kappa shape index (κ1) is 25.8. The van der Waals surface area contributed by atoms with Gasteiger partial charge in [-0.05, 0) is 61.8 Å². The molecule has 3 N–H and O–H groups in total. The molecule has 6 rings (SSSR count). The third kappa shape index (κ3) is 3.76. The van der Waals surface area contributed by atoms with Crippen LogP contribution in [0, 0.1) is 34.5 Å². The topological polar surface area (TPSA) is 90.2 Å². The van der Waals surface area contributed by atoms with Crippen LogP contribution in [0.3, 0.4) is 0 Å². The molecule has 4 fully saturated rings. The average molecular weight is 526 g/mol. The van der Waals surface area contributed by atoms with Crippen molar-refractivity contribution in [2.45, 2.75) is 62.2 Å². The minimum atomic E-state index is -1.01. The maximum atomic E-state index is 12.1. The van der Waals surface area contributed by atoms with Gasteiger partial charge in [0.15, 0.2) is 5.78 Å². The van der Waals surface area contributed by atoms with Crippen molar-refractivity contribution >= 4 is 17.5 Å². The first-order valence-electron chi connectivity index (χ1n) is 13.8. The first-order chi connectivity index (χ1) is 17.7. The number of ketones is 1. The number of hydrogen-bond acceptors (Lipinski definition) is 7. The van der Waals surface area contributed by atoms with Gasteiger partial charge in [-0.2, -0.15) is 5.06 Å². The molecule has 0 amide bonds. The van der Waals surface area contributed by atoms with Crippen molar-refractivity contribution in [3.05, 3.63) is 54.1 Å². The second-order valence-corrected chi connectivity index (χ2v) is 13.4. The fraction of sp³-hybridized carbons (Fsp3) is 0.633. The van der Waals surface area contributed by atoms with Crippen molar-refractivity contribution in [1.82, 2.24) is 5.06 Å². The fourth-order valence-electron chi connectivity index (χ4n) is 9.16. The van der Waals surface area contributed by atoms with Crippen LogP contribution in [-0.2, 0) is 9.63 Å². The van der Waals surface area contributed by atoms with E-state index >= 15 is 0 Å². The molecule has 6 nitrogen and oxygen atoms in total. The summed E-state index contributed by atoms with van der Waals surface area (Å²) >= 11 is 1.79. The van der Waals surface area contributed by atoms with Gasteiger partial charge in [0, 0.05) is 46.4 Å². The maximum absolute atomic E-state index is 12.1. The Hall–Kier alpha value is -1.48. The van der Waals surface area contributed by atoms with Crippen LogP contribution in [0.25, 0.3) is 0 Å². The number of fused-ring (bicyclic) bond motifs is 7. The highest BCUT2D eigenvalue weighted by Crippen LogP contribution is 2.71. The Kier molecular flexibility index (Phi) is 6.49. The lowest BCUT2D eigenvalue weighted by atomic mass is 9.46. The van der Waals surface area contributed by atoms with Crippen LogP contribution in [0.1, 0.15) is 39.5 Å². The van der Waals surface area contributed by atoms with Gasteiger partial charge in [-0.1, -0.05) is 43.7 Å². The summed E-state index contributed by atoms with van der Waals surface area (Å²) in [5.74, 6) is 1.58. The monoisotopic (exact) mass is 525 g/mol. The normalized spacial score (nSPS) is 43.5. The summed E-state index contributed by atoms with van der Waals surface area (Å²) in [6.07, 6.45) is 7.12. The highest BCUT2D eigenvalue weighted by Gasteiger charge is 2.74. The molecule has 0 aromatic heterocycles. The summed E-state index contributed by atoms with van der Waals surface area (Å²) < 4.78 is 0. The molecule has 1 aliphatic heterocycles. The maximum Gasteiger partial charge on any atom is 0.178 e. The Morgan fingerprint density at radius 2 is 2.03 bits per heavy atom. The number of allylic oxidation sites excluding steroid dienone is 4. The molecule has 4 aliphatic carbocycles. The largest absolute Gasteiger partial charge is 0.394 e. The Morgan fingerprint density at radius 1 is 1.24 bits per heavy atom. The lowest BCUT2D eigenvalue weighted by Gasteiger charge is -2.60. The second kappa shape index (κ2) is 9.32. The molecule has 0 spiro atoms. The summed E-state index contributed by atoms with van der Waals surface area (Å²) in [4.78, 5) is 20.1. The lowest BCUT2D eigenvalue weighted by molar-refractivity contribution is -0.289. The van der Waals surface area contributed by atoms with Crippen LogP contribution >= 0.6 is 11.8 Å². The number of nitrogens with zero attached hydrogens (tertiary/aromatic N) is 1. The van der Waals surface area contributed by atoms with Crippen LogP contribution in [0.4, 0.5) is 0 Å². The van der Waals surface area contributed by atoms with Crippen molar-refractivity contribution < 1.29 is 25.0 Å². The molecule has 1 saturated heterocycles. The molecule has 0 bridgehead atoms. The van der Waals surface area contributed by atoms with Crippen LogP contribution in [0.15, 0.2) is 59.0 Å². The minimum absolute atomic E-state index is 0.0375. The highest BCUT2D eigenvalue weighted by atomic mass is 32.2. The number of aliphatic hydroxyl groups excluding tert-OH is 3. The summed E-state index contributed by atoms with van der Waals surface area (Å²) in [6, 6.07) is 10.3. The molecule has 3 saturated carbocycles. The van der Waals surface area contributed by atoms with E-state index in [0.29, 0.717) is 6.42 Å². The van der Waals surface area contributed by atoms with Crippen molar-refractivity contribution in [2.24, 2.45) is 34.5 Å². The number of aliphatic hydroxyl groups is 3. The number of carbonyl (C=O) groups excluding carboxylic acids is 1. The molecule has 1 aromatic rings. The fourth-order valence-corrected chi connectivity index (χ4v) is 10.0. The van der Waals surface area contributed by atoms with E-state index in [1.165, 1.54) is 4.90 Å². The average Bonchev–Trinajstić information content (AvgIpc) is 3.36. The van der Waals surface area contributed by atoms with Crippen molar-refractivity contribution in [3.63, 3.8) is 0 Å². The van der Waals surface area contributed by atoms with Crippen LogP contribution in [-0.4, -0.2) is 69.4 Å². The van der Waals surface area contributed by atoms with Gasteiger partial charge >= 0.3 is 0 Å². The molecule has 9 atom stereocenters. The quantitative estimate of drug-likeness (QED) is 0.489. The Bertz CT molecular complexity index is 1110. The van der Waals surface area contributed by atoms with Crippen molar-refractivity contribution in [3.8, 4) is 0 Å². The van der Waals surface area contributed by atoms with Gasteiger partial charge in [-0.3, -0.25) is 9.63 Å². The predicted octanol–water partition coefficient (Wildman–Crippen LogP) is 3.62. The SMILES string of the molecule is C[C@]12C=CC(=O)C=C1CC[C@@H]1[C@@H]2[C@@H](O)C[C@@]2(C)[C@H]1C[C@H]1CN(CCSc3ccccc3)O[C@]12C(O)CO. The number of benzene rings is 1. The smallest absolute Gasteiger partial charge is 0.178 e. The zero-order valence-corrected chi connectivity index (χ0v) is 22.6. The van der Waals surface area contributed by atoms with E-state index in [9.17, 15) is 20.1 Å². The van der Waals surface area contributed by atoms with Gasteiger partial charge in [0.05, 0.1) is 12.7 Å². The summed E-state index contributed by atoms with van der Waals surface area (Å²) in [5, 5.41) is 35.3. The van der Waals surface area contributed by atoms with Gasteiger partial charge in [0.2, 0.25) is 0 Å². The number of carbonyl (C=O) groups is 1. The summed E-state index contributed by atoms with van der Waals surface area (Å²) in [7, 11) is 0. The molecule has 200 valence electrons. The standard InChI is InChI=1S/C30H39NO5S/c1-28-11-10-21(33)14-19(28)8-9-23-24-15-20-17-31(12-13-37-22-6-4-3-5-7-22)36-30(20,26(35)18-32)29(24,2)16-25(34)27(23)28/h3-7,10-11,14,20,23-27,32,34-35H,8-9,12-13,15-18H2,1-2H3/t20-,23-,24-,25-,26?,27+,28-,29-,30-/m0/s1. The van der Waals surface area contributed by atoms with E-state index < -0.39 is 23.2 Å². The van der Waals surface area contributed by atoms with E-state index in [2.05, 4.69) is 26.0 Å². The number of hydrogen-bond donors (Lipinski definition) is 3. The number of thioether (sulfide) groups is 1. The molecule has 1 heterocycles. The van der Waals surface area contributed by atoms with Gasteiger partial charge in [0.1, 0.15) is 11.7 Å². The summed E-state index contributed by atoms with van der Waals surface area (Å²) in [6.45, 7) is 5.47. The molecular formula is C30H39NO5S. The minimum Gasteiger partial charge on any atom is -0.394 e. The van der Waals surface area contributed by atoms with E-state index in [1.807, 2.05) is 29.3 Å². The molecule has 0 radical (unpaired) electrons. The van der Waals surface area contributed by atoms with Gasteiger partial charge < -0.3 is 15.3 Å². The van der Waals surface area contributed by atoms with Gasteiger partial charge in [-0.15, -0.1) is 11.8 Å². The van der Waals surface area contributed by atoms with E-state index in [0.717, 1.165) is 43.7 Å². The summed E-state index contributed by atoms with van der Waals surface area (Å²) in [5.41, 5.74) is -0.552. The zero-order chi connectivity index (χ0) is 26.0. The first-order valence-corrected chi connectivity index (χ1v) is 14.7. The van der Waals surface area contributed by atoms with Gasteiger partial charge in [0.25, 0.3) is 0 Å². The second-order valence-electron chi connectivity index (χ2n) is 12.3. The van der Waals surface area contributed by atoms with Crippen molar-refractivity contribution in [1.29, 1.82) is 0 Å². The third-order valence-corrected chi connectivity index (χ3v) is 11.6. The molecule has 5 aliphatic rings. The number of hydroxylamine groups is 2. The van der Waals surface area contributed by atoms with Crippen molar-refractivity contribution in [2.75, 3.05) is 25.4 Å². The van der Waals surface area contributed by atoms with E-state index in [4.69, 9.17) is 4.84 Å². The lowest BCUT2D eigenvalue weighted by Crippen LogP contribution is -2.64. The van der Waals surface area contributed by atoms with Crippen LogP contribution < -0.4 is 0 Å². The van der Waals surface area contributed by atoms with E-state index in [1.54, 1.807) is 23.9 Å². The van der Waals surface area contributed by atoms with Gasteiger partial charge in [-0.25, -0.2) is 0 Å². The van der Waals surface area contributed by atoms with E-state index in [-0.39, 0.29) is 41.5 Å². The highest BCUT2D eigenvalue weighted by molar-refractivity contribution is 7.99. The third-order valence-electron chi connectivity index (χ3n) is 10.6. The van der Waals surface area contributed by atoms with Crippen LogP contribution in [0.5, 0.6) is 0 Å². The Balaban J connectivity index is 1.26. The molecular weight excluding hydrogens is 486 g/mol.